The summed E-state index contributed by atoms with van der Waals surface area (Å²) in [6, 6.07) is 18.9. The second-order valence-corrected chi connectivity index (χ2v) is 9.36. The molecule has 0 saturated carbocycles. The third-order valence-electron chi connectivity index (χ3n) is 6.74. The molecule has 1 fully saturated rings. The lowest BCUT2D eigenvalue weighted by Crippen LogP contribution is -2.21. The van der Waals surface area contributed by atoms with Gasteiger partial charge in [-0.15, -0.1) is 0 Å². The highest BCUT2D eigenvalue weighted by Gasteiger charge is 2.19. The summed E-state index contributed by atoms with van der Waals surface area (Å²) in [6.07, 6.45) is 8.01. The van der Waals surface area contributed by atoms with Crippen LogP contribution in [0.4, 0.5) is 5.69 Å². The van der Waals surface area contributed by atoms with Crippen molar-refractivity contribution in [3.05, 3.63) is 84.4 Å². The van der Waals surface area contributed by atoms with Gasteiger partial charge in [0.1, 0.15) is 23.4 Å². The minimum atomic E-state index is 0.137. The number of hydrogen-bond donors (Lipinski definition) is 1. The van der Waals surface area contributed by atoms with E-state index < -0.39 is 0 Å². The SMILES string of the molecule is CC1=C(Oc2ccc3c(c2)ncn3C)C=CC(Nc2cccc3ccc(OC4CCOC4)cc23)C1. The molecule has 0 spiro atoms. The highest BCUT2D eigenvalue weighted by atomic mass is 16.5. The van der Waals surface area contributed by atoms with Crippen LogP contribution in [0.2, 0.25) is 0 Å². The van der Waals surface area contributed by atoms with Crippen LogP contribution < -0.4 is 14.8 Å². The number of ether oxygens (including phenoxy) is 3. The van der Waals surface area contributed by atoms with Gasteiger partial charge in [-0.25, -0.2) is 4.98 Å². The first-order chi connectivity index (χ1) is 17.1. The molecule has 35 heavy (non-hydrogen) atoms. The smallest absolute Gasteiger partial charge is 0.129 e. The zero-order chi connectivity index (χ0) is 23.8. The summed E-state index contributed by atoms with van der Waals surface area (Å²) in [5.41, 5.74) is 4.33. The lowest BCUT2D eigenvalue weighted by atomic mass is 9.99. The number of nitrogens with one attached hydrogen (secondary N) is 1. The monoisotopic (exact) mass is 467 g/mol. The Labute approximate surface area is 204 Å². The molecule has 1 aromatic heterocycles. The Hall–Kier alpha value is -3.77. The molecule has 3 aromatic carbocycles. The largest absolute Gasteiger partial charge is 0.488 e. The van der Waals surface area contributed by atoms with Crippen molar-refractivity contribution in [2.75, 3.05) is 18.5 Å². The number of benzene rings is 3. The zero-order valence-corrected chi connectivity index (χ0v) is 20.0. The Morgan fingerprint density at radius 2 is 2.00 bits per heavy atom. The van der Waals surface area contributed by atoms with Crippen molar-refractivity contribution < 1.29 is 14.2 Å². The molecule has 2 aliphatic rings. The van der Waals surface area contributed by atoms with Crippen molar-refractivity contribution in [2.45, 2.75) is 31.9 Å². The topological polar surface area (TPSA) is 57.5 Å². The molecule has 1 aliphatic carbocycles. The number of anilines is 1. The summed E-state index contributed by atoms with van der Waals surface area (Å²) in [5, 5.41) is 6.06. The van der Waals surface area contributed by atoms with E-state index in [1.807, 2.05) is 42.2 Å². The van der Waals surface area contributed by atoms with Crippen LogP contribution in [-0.4, -0.2) is 34.9 Å². The average molecular weight is 468 g/mol. The van der Waals surface area contributed by atoms with Crippen molar-refractivity contribution in [3.8, 4) is 11.5 Å². The highest BCUT2D eigenvalue weighted by molar-refractivity contribution is 5.95. The van der Waals surface area contributed by atoms with E-state index in [-0.39, 0.29) is 12.1 Å². The first-order valence-electron chi connectivity index (χ1n) is 12.1. The van der Waals surface area contributed by atoms with Crippen LogP contribution >= 0.6 is 0 Å². The number of hydrogen-bond acceptors (Lipinski definition) is 5. The van der Waals surface area contributed by atoms with E-state index in [1.165, 1.54) is 11.0 Å². The van der Waals surface area contributed by atoms with E-state index in [1.54, 1.807) is 0 Å². The van der Waals surface area contributed by atoms with Gasteiger partial charge in [-0.1, -0.05) is 24.3 Å². The summed E-state index contributed by atoms with van der Waals surface area (Å²) in [5.74, 6) is 2.58. The molecule has 0 amide bonds. The maximum absolute atomic E-state index is 6.22. The fourth-order valence-corrected chi connectivity index (χ4v) is 4.82. The molecule has 6 nitrogen and oxygen atoms in total. The molecular weight excluding hydrogens is 438 g/mol. The highest BCUT2D eigenvalue weighted by Crippen LogP contribution is 2.31. The molecule has 1 N–H and O–H groups in total. The average Bonchev–Trinajstić information content (AvgIpc) is 3.51. The van der Waals surface area contributed by atoms with Gasteiger partial charge in [0.15, 0.2) is 0 Å². The van der Waals surface area contributed by atoms with Gasteiger partial charge >= 0.3 is 0 Å². The van der Waals surface area contributed by atoms with Gasteiger partial charge in [-0.05, 0) is 60.7 Å². The van der Waals surface area contributed by atoms with Crippen LogP contribution in [0.25, 0.3) is 21.8 Å². The van der Waals surface area contributed by atoms with Crippen molar-refractivity contribution in [3.63, 3.8) is 0 Å². The number of aryl methyl sites for hydroxylation is 1. The molecule has 2 heterocycles. The quantitative estimate of drug-likeness (QED) is 0.378. The van der Waals surface area contributed by atoms with E-state index in [0.717, 1.165) is 58.8 Å². The fraction of sp³-hybridized carbons (Fsp3) is 0.276. The normalized spacial score (nSPS) is 20.1. The number of rotatable bonds is 6. The van der Waals surface area contributed by atoms with Crippen molar-refractivity contribution in [1.82, 2.24) is 9.55 Å². The van der Waals surface area contributed by atoms with Crippen LogP contribution in [0.3, 0.4) is 0 Å². The second kappa shape index (κ2) is 9.12. The van der Waals surface area contributed by atoms with E-state index in [0.29, 0.717) is 6.61 Å². The molecule has 0 radical (unpaired) electrons. The molecule has 6 heteroatoms. The van der Waals surface area contributed by atoms with Gasteiger partial charge < -0.3 is 24.1 Å². The van der Waals surface area contributed by atoms with Crippen molar-refractivity contribution >= 4 is 27.5 Å². The molecule has 1 aliphatic heterocycles. The molecule has 4 aromatic rings. The van der Waals surface area contributed by atoms with Crippen LogP contribution in [0.5, 0.6) is 11.5 Å². The fourth-order valence-electron chi connectivity index (χ4n) is 4.82. The van der Waals surface area contributed by atoms with E-state index in [2.05, 4.69) is 59.7 Å². The van der Waals surface area contributed by atoms with Gasteiger partial charge in [0.2, 0.25) is 0 Å². The summed E-state index contributed by atoms with van der Waals surface area (Å²) in [4.78, 5) is 4.43. The minimum absolute atomic E-state index is 0.137. The third-order valence-corrected chi connectivity index (χ3v) is 6.74. The van der Waals surface area contributed by atoms with Crippen LogP contribution in [-0.2, 0) is 11.8 Å². The van der Waals surface area contributed by atoms with Crippen molar-refractivity contribution in [2.24, 2.45) is 7.05 Å². The van der Waals surface area contributed by atoms with Gasteiger partial charge in [0.05, 0.1) is 30.6 Å². The number of fused-ring (bicyclic) bond motifs is 2. The summed E-state index contributed by atoms with van der Waals surface area (Å²) in [7, 11) is 1.99. The Kier molecular flexibility index (Phi) is 5.66. The first kappa shape index (κ1) is 21.7. The van der Waals surface area contributed by atoms with Crippen LogP contribution in [0.1, 0.15) is 19.8 Å². The molecule has 1 saturated heterocycles. The Morgan fingerprint density at radius 1 is 1.09 bits per heavy atom. The van der Waals surface area contributed by atoms with E-state index in [4.69, 9.17) is 14.2 Å². The first-order valence-corrected chi connectivity index (χ1v) is 12.1. The predicted octanol–water partition coefficient (Wildman–Crippen LogP) is 5.99. The molecule has 2 atom stereocenters. The van der Waals surface area contributed by atoms with Crippen LogP contribution in [0, 0.1) is 0 Å². The van der Waals surface area contributed by atoms with Gasteiger partial charge in [-0.2, -0.15) is 0 Å². The Morgan fingerprint density at radius 3 is 2.86 bits per heavy atom. The molecule has 178 valence electrons. The van der Waals surface area contributed by atoms with Crippen LogP contribution in [0.15, 0.2) is 84.4 Å². The molecule has 6 rings (SSSR count). The lowest BCUT2D eigenvalue weighted by Gasteiger charge is -2.23. The minimum Gasteiger partial charge on any atom is -0.488 e. The van der Waals surface area contributed by atoms with Gasteiger partial charge in [-0.3, -0.25) is 0 Å². The number of nitrogens with zero attached hydrogens (tertiary/aromatic N) is 2. The lowest BCUT2D eigenvalue weighted by molar-refractivity contribution is 0.141. The maximum atomic E-state index is 6.22. The van der Waals surface area contributed by atoms with Gasteiger partial charge in [0, 0.05) is 36.7 Å². The number of imidazole rings is 1. The summed E-state index contributed by atoms with van der Waals surface area (Å²) < 4.78 is 19.8. The van der Waals surface area contributed by atoms with Crippen molar-refractivity contribution in [1.29, 1.82) is 0 Å². The molecule has 0 bridgehead atoms. The summed E-state index contributed by atoms with van der Waals surface area (Å²) >= 11 is 0. The van der Waals surface area contributed by atoms with Gasteiger partial charge in [0.25, 0.3) is 0 Å². The predicted molar refractivity (Wildman–Crippen MR) is 139 cm³/mol. The Bertz CT molecular complexity index is 1450. The number of aromatic nitrogens is 2. The third kappa shape index (κ3) is 4.49. The maximum Gasteiger partial charge on any atom is 0.129 e. The van der Waals surface area contributed by atoms with E-state index >= 15 is 0 Å². The second-order valence-electron chi connectivity index (χ2n) is 9.36. The molecular formula is C29H29N3O3. The molecule has 2 unspecified atom stereocenters. The summed E-state index contributed by atoms with van der Waals surface area (Å²) in [6.45, 7) is 3.57. The Balaban J connectivity index is 1.17. The standard InChI is InChI=1S/C29H29N3O3/c1-19-14-21(7-11-29(19)35-23-9-10-28-27(16-23)30-18-32(28)2)31-26-5-3-4-20-6-8-22(15-25(20)26)34-24-12-13-33-17-24/h3-11,15-16,18,21,24,31H,12-14,17H2,1-2H3. The number of allylic oxidation sites excluding steroid dienone is 1. The van der Waals surface area contributed by atoms with E-state index in [9.17, 15) is 0 Å². The zero-order valence-electron chi connectivity index (χ0n) is 20.0.